The molecule has 0 amide bonds. The predicted octanol–water partition coefficient (Wildman–Crippen LogP) is 3.46. The number of nitrogens with one attached hydrogen (secondary N) is 1. The van der Waals surface area contributed by atoms with E-state index in [1.807, 2.05) is 91.0 Å². The largest absolute Gasteiger partial charge is 0.388 e. The van der Waals surface area contributed by atoms with Gasteiger partial charge in [-0.1, -0.05) is 91.0 Å². The standard InChI is InChI=1S/C28H26N2O5/c1-19-18-30(27(33)29-25(19)32)24-17-23(31)26(34-24)35-28(20-11-5-2-6-12-20,21-13-7-3-8-14-21)22-15-9-4-10-16-22/h2-16,18,23-24,26,31H,17H2,1H3,(H,29,32,33). The number of H-pyrrole nitrogens is 1. The Morgan fingerprint density at radius 2 is 1.37 bits per heavy atom. The Morgan fingerprint density at radius 3 is 1.86 bits per heavy atom. The van der Waals surface area contributed by atoms with Crippen LogP contribution in [0.15, 0.2) is 107 Å². The molecule has 1 fully saturated rings. The highest BCUT2D eigenvalue weighted by Gasteiger charge is 2.45. The molecule has 0 saturated carbocycles. The molecule has 3 unspecified atom stereocenters. The Bertz CT molecular complexity index is 1300. The first-order valence-corrected chi connectivity index (χ1v) is 11.5. The van der Waals surface area contributed by atoms with Gasteiger partial charge in [0.2, 0.25) is 0 Å². The highest BCUT2D eigenvalue weighted by molar-refractivity contribution is 5.47. The van der Waals surface area contributed by atoms with Gasteiger partial charge in [-0.25, -0.2) is 4.79 Å². The molecule has 35 heavy (non-hydrogen) atoms. The maximum Gasteiger partial charge on any atom is 0.330 e. The molecule has 0 bridgehead atoms. The lowest BCUT2D eigenvalue weighted by Gasteiger charge is -2.38. The lowest BCUT2D eigenvalue weighted by atomic mass is 9.80. The van der Waals surface area contributed by atoms with E-state index in [9.17, 15) is 14.7 Å². The van der Waals surface area contributed by atoms with Gasteiger partial charge in [-0.05, 0) is 23.6 Å². The lowest BCUT2D eigenvalue weighted by Crippen LogP contribution is -2.40. The molecular formula is C28H26N2O5. The Morgan fingerprint density at radius 1 is 0.886 bits per heavy atom. The van der Waals surface area contributed by atoms with Crippen LogP contribution in [-0.2, 0) is 15.1 Å². The molecule has 1 saturated heterocycles. The second kappa shape index (κ2) is 9.46. The SMILES string of the molecule is Cc1cn(C2CC(O)C(OC(c3ccccc3)(c3ccccc3)c3ccccc3)O2)c(=O)[nH]c1=O. The topological polar surface area (TPSA) is 93.6 Å². The molecule has 3 atom stereocenters. The minimum Gasteiger partial charge on any atom is -0.388 e. The van der Waals surface area contributed by atoms with Gasteiger partial charge in [-0.2, -0.15) is 0 Å². The normalized spacial score (nSPS) is 20.1. The van der Waals surface area contributed by atoms with E-state index in [0.717, 1.165) is 16.7 Å². The van der Waals surface area contributed by atoms with Crippen LogP contribution in [0, 0.1) is 6.92 Å². The van der Waals surface area contributed by atoms with Gasteiger partial charge in [-0.3, -0.25) is 14.3 Å². The van der Waals surface area contributed by atoms with Gasteiger partial charge >= 0.3 is 5.69 Å². The predicted molar refractivity (Wildman–Crippen MR) is 131 cm³/mol. The van der Waals surface area contributed by atoms with Crippen molar-refractivity contribution in [1.29, 1.82) is 0 Å². The lowest BCUT2D eigenvalue weighted by molar-refractivity contribution is -0.216. The van der Waals surface area contributed by atoms with E-state index in [1.165, 1.54) is 10.8 Å². The zero-order valence-electron chi connectivity index (χ0n) is 19.2. The third kappa shape index (κ3) is 4.25. The number of benzene rings is 3. The zero-order chi connectivity index (χ0) is 24.4. The van der Waals surface area contributed by atoms with Crippen LogP contribution in [0.5, 0.6) is 0 Å². The first-order chi connectivity index (χ1) is 17.0. The maximum absolute atomic E-state index is 12.4. The fraction of sp³-hybridized carbons (Fsp3) is 0.214. The Hall–Kier alpha value is -3.78. The second-order valence-electron chi connectivity index (χ2n) is 8.64. The fourth-order valence-corrected chi connectivity index (χ4v) is 4.60. The molecule has 3 aromatic carbocycles. The molecule has 1 aliphatic rings. The van der Waals surface area contributed by atoms with E-state index in [1.54, 1.807) is 6.92 Å². The summed E-state index contributed by atoms with van der Waals surface area (Å²) in [6, 6.07) is 29.3. The number of hydrogen-bond donors (Lipinski definition) is 2. The highest BCUT2D eigenvalue weighted by Crippen LogP contribution is 2.44. The van der Waals surface area contributed by atoms with Crippen LogP contribution >= 0.6 is 0 Å². The summed E-state index contributed by atoms with van der Waals surface area (Å²) in [5.41, 5.74) is 0.846. The minimum atomic E-state index is -1.09. The van der Waals surface area contributed by atoms with Crippen LogP contribution in [0.25, 0.3) is 0 Å². The summed E-state index contributed by atoms with van der Waals surface area (Å²) in [5, 5.41) is 11.0. The van der Waals surface area contributed by atoms with Gasteiger partial charge in [0, 0.05) is 18.2 Å². The number of ether oxygens (including phenoxy) is 2. The Labute approximate surface area is 202 Å². The Balaban J connectivity index is 1.60. The number of aryl methyl sites for hydroxylation is 1. The van der Waals surface area contributed by atoms with Gasteiger partial charge in [0.05, 0.1) is 0 Å². The van der Waals surface area contributed by atoms with Crippen LogP contribution in [0.1, 0.15) is 34.9 Å². The number of nitrogens with zero attached hydrogens (tertiary/aromatic N) is 1. The van der Waals surface area contributed by atoms with Gasteiger partial charge in [-0.15, -0.1) is 0 Å². The van der Waals surface area contributed by atoms with Crippen molar-refractivity contribution in [2.24, 2.45) is 0 Å². The summed E-state index contributed by atoms with van der Waals surface area (Å²) in [6.07, 6.45) is -1.27. The van der Waals surface area contributed by atoms with Gasteiger partial charge in [0.1, 0.15) is 17.9 Å². The number of rotatable bonds is 6. The molecule has 5 rings (SSSR count). The van der Waals surface area contributed by atoms with E-state index in [2.05, 4.69) is 4.98 Å². The van der Waals surface area contributed by atoms with Crippen molar-refractivity contribution in [2.45, 2.75) is 37.6 Å². The van der Waals surface area contributed by atoms with Crippen molar-refractivity contribution in [1.82, 2.24) is 9.55 Å². The third-order valence-corrected chi connectivity index (χ3v) is 6.34. The van der Waals surface area contributed by atoms with E-state index in [-0.39, 0.29) is 6.42 Å². The molecule has 0 spiro atoms. The summed E-state index contributed by atoms with van der Waals surface area (Å²) < 4.78 is 14.2. The zero-order valence-corrected chi connectivity index (χ0v) is 19.2. The van der Waals surface area contributed by atoms with Crippen molar-refractivity contribution in [3.63, 3.8) is 0 Å². The van der Waals surface area contributed by atoms with Crippen molar-refractivity contribution in [3.8, 4) is 0 Å². The van der Waals surface area contributed by atoms with Crippen LogP contribution < -0.4 is 11.2 Å². The Kier molecular flexibility index (Phi) is 6.21. The average Bonchev–Trinajstić information content (AvgIpc) is 3.25. The average molecular weight is 471 g/mol. The van der Waals surface area contributed by atoms with Crippen LogP contribution in [0.2, 0.25) is 0 Å². The molecule has 0 radical (unpaired) electrons. The first-order valence-electron chi connectivity index (χ1n) is 11.5. The summed E-state index contributed by atoms with van der Waals surface area (Å²) in [4.78, 5) is 26.5. The molecular weight excluding hydrogens is 444 g/mol. The molecule has 2 N–H and O–H groups in total. The minimum absolute atomic E-state index is 0.129. The van der Waals surface area contributed by atoms with Crippen LogP contribution in [-0.4, -0.2) is 27.1 Å². The van der Waals surface area contributed by atoms with Crippen molar-refractivity contribution in [2.75, 3.05) is 0 Å². The third-order valence-electron chi connectivity index (χ3n) is 6.34. The molecule has 178 valence electrons. The van der Waals surface area contributed by atoms with Gasteiger partial charge < -0.3 is 14.6 Å². The smallest absolute Gasteiger partial charge is 0.330 e. The summed E-state index contributed by atoms with van der Waals surface area (Å²) in [6.45, 7) is 1.61. The van der Waals surface area contributed by atoms with E-state index >= 15 is 0 Å². The van der Waals surface area contributed by atoms with E-state index in [0.29, 0.717) is 5.56 Å². The molecule has 1 aromatic heterocycles. The number of aromatic amines is 1. The molecule has 2 heterocycles. The van der Waals surface area contributed by atoms with Crippen molar-refractivity contribution >= 4 is 0 Å². The highest BCUT2D eigenvalue weighted by atomic mass is 16.7. The summed E-state index contributed by atoms with van der Waals surface area (Å²) in [5.74, 6) is 0. The van der Waals surface area contributed by atoms with E-state index < -0.39 is 35.5 Å². The quantitative estimate of drug-likeness (QED) is 0.421. The monoisotopic (exact) mass is 470 g/mol. The first kappa shape index (κ1) is 23.0. The molecule has 1 aliphatic heterocycles. The number of hydrogen-bond acceptors (Lipinski definition) is 5. The fourth-order valence-electron chi connectivity index (χ4n) is 4.60. The molecule has 7 nitrogen and oxygen atoms in total. The number of aliphatic hydroxyl groups is 1. The van der Waals surface area contributed by atoms with Gasteiger partial charge in [0.15, 0.2) is 6.29 Å². The maximum atomic E-state index is 12.4. The second-order valence-corrected chi connectivity index (χ2v) is 8.64. The van der Waals surface area contributed by atoms with Crippen LogP contribution in [0.4, 0.5) is 0 Å². The summed E-state index contributed by atoms with van der Waals surface area (Å²) in [7, 11) is 0. The number of aromatic nitrogens is 2. The number of aliphatic hydroxyl groups excluding tert-OH is 1. The van der Waals surface area contributed by atoms with Crippen LogP contribution in [0.3, 0.4) is 0 Å². The van der Waals surface area contributed by atoms with E-state index in [4.69, 9.17) is 9.47 Å². The molecule has 0 aliphatic carbocycles. The molecule has 4 aromatic rings. The summed E-state index contributed by atoms with van der Waals surface area (Å²) >= 11 is 0. The van der Waals surface area contributed by atoms with Crippen molar-refractivity contribution in [3.05, 3.63) is 140 Å². The molecule has 7 heteroatoms. The van der Waals surface area contributed by atoms with Crippen molar-refractivity contribution < 1.29 is 14.6 Å². The van der Waals surface area contributed by atoms with Gasteiger partial charge in [0.25, 0.3) is 5.56 Å².